The molecule has 0 radical (unpaired) electrons. The summed E-state index contributed by atoms with van der Waals surface area (Å²) in [5.74, 6) is 0.408. The van der Waals surface area contributed by atoms with Crippen LogP contribution < -0.4 is 11.1 Å². The standard InChI is InChI=1S/C11H18N2OS/c1-2-9(6-12)5-11(14)13-7-10-3-4-15-8-10/h3-4,8-9H,2,5-7,12H2,1H3,(H,13,14). The van der Waals surface area contributed by atoms with Gasteiger partial charge in [0.1, 0.15) is 0 Å². The fraction of sp³-hybridized carbons (Fsp3) is 0.545. The van der Waals surface area contributed by atoms with Crippen LogP contribution in [0.15, 0.2) is 16.8 Å². The van der Waals surface area contributed by atoms with Gasteiger partial charge in [-0.05, 0) is 34.9 Å². The SMILES string of the molecule is CCC(CN)CC(=O)NCc1ccsc1. The maximum Gasteiger partial charge on any atom is 0.220 e. The van der Waals surface area contributed by atoms with Gasteiger partial charge in [-0.2, -0.15) is 11.3 Å². The Morgan fingerprint density at radius 3 is 3.00 bits per heavy atom. The van der Waals surface area contributed by atoms with Crippen molar-refractivity contribution >= 4 is 17.2 Å². The van der Waals surface area contributed by atoms with Gasteiger partial charge in [-0.1, -0.05) is 13.3 Å². The molecule has 0 aliphatic rings. The van der Waals surface area contributed by atoms with Gasteiger partial charge in [0.05, 0.1) is 0 Å². The van der Waals surface area contributed by atoms with E-state index in [1.165, 1.54) is 0 Å². The summed E-state index contributed by atoms with van der Waals surface area (Å²) in [5.41, 5.74) is 6.71. The molecule has 3 N–H and O–H groups in total. The summed E-state index contributed by atoms with van der Waals surface area (Å²) in [5, 5.41) is 6.95. The predicted octanol–water partition coefficient (Wildman–Crippen LogP) is 1.74. The molecule has 1 unspecified atom stereocenters. The molecule has 0 fully saturated rings. The number of rotatable bonds is 6. The lowest BCUT2D eigenvalue weighted by Gasteiger charge is -2.11. The Kier molecular flexibility index (Phi) is 5.36. The molecule has 15 heavy (non-hydrogen) atoms. The summed E-state index contributed by atoms with van der Waals surface area (Å²) in [7, 11) is 0. The van der Waals surface area contributed by atoms with Crippen molar-refractivity contribution in [3.05, 3.63) is 22.4 Å². The van der Waals surface area contributed by atoms with Crippen LogP contribution in [-0.4, -0.2) is 12.5 Å². The number of carbonyl (C=O) groups excluding carboxylic acids is 1. The Balaban J connectivity index is 2.24. The minimum atomic E-state index is 0.0958. The second-order valence-corrected chi connectivity index (χ2v) is 4.40. The topological polar surface area (TPSA) is 55.1 Å². The van der Waals surface area contributed by atoms with Crippen LogP contribution in [0, 0.1) is 5.92 Å². The highest BCUT2D eigenvalue weighted by Gasteiger charge is 2.09. The first kappa shape index (κ1) is 12.2. The molecule has 0 bridgehead atoms. The summed E-state index contributed by atoms with van der Waals surface area (Å²) in [4.78, 5) is 11.5. The second kappa shape index (κ2) is 6.58. The van der Waals surface area contributed by atoms with Crippen molar-refractivity contribution < 1.29 is 4.79 Å². The zero-order valence-electron chi connectivity index (χ0n) is 9.03. The number of carbonyl (C=O) groups is 1. The first-order valence-electron chi connectivity index (χ1n) is 5.24. The van der Waals surface area contributed by atoms with Crippen LogP contribution in [0.2, 0.25) is 0 Å². The van der Waals surface area contributed by atoms with Crippen molar-refractivity contribution in [2.45, 2.75) is 26.3 Å². The van der Waals surface area contributed by atoms with Crippen molar-refractivity contribution in [2.75, 3.05) is 6.54 Å². The van der Waals surface area contributed by atoms with E-state index in [2.05, 4.69) is 12.2 Å². The van der Waals surface area contributed by atoms with Crippen LogP contribution in [0.5, 0.6) is 0 Å². The summed E-state index contributed by atoms with van der Waals surface area (Å²) in [6, 6.07) is 2.02. The highest BCUT2D eigenvalue weighted by atomic mass is 32.1. The lowest BCUT2D eigenvalue weighted by molar-refractivity contribution is -0.122. The van der Waals surface area contributed by atoms with E-state index in [-0.39, 0.29) is 5.91 Å². The molecule has 0 saturated heterocycles. The summed E-state index contributed by atoms with van der Waals surface area (Å²) in [6.45, 7) is 3.27. The van der Waals surface area contributed by atoms with Gasteiger partial charge in [0, 0.05) is 13.0 Å². The number of thiophene rings is 1. The lowest BCUT2D eigenvalue weighted by atomic mass is 10.0. The van der Waals surface area contributed by atoms with Gasteiger partial charge in [0.25, 0.3) is 0 Å². The molecule has 1 aromatic heterocycles. The molecule has 4 heteroatoms. The third-order valence-corrected chi connectivity index (χ3v) is 3.19. The zero-order chi connectivity index (χ0) is 11.1. The first-order chi connectivity index (χ1) is 7.26. The summed E-state index contributed by atoms with van der Waals surface area (Å²) >= 11 is 1.64. The number of nitrogens with one attached hydrogen (secondary N) is 1. The second-order valence-electron chi connectivity index (χ2n) is 3.62. The van der Waals surface area contributed by atoms with E-state index >= 15 is 0 Å². The van der Waals surface area contributed by atoms with Crippen molar-refractivity contribution in [1.82, 2.24) is 5.32 Å². The highest BCUT2D eigenvalue weighted by Crippen LogP contribution is 2.07. The first-order valence-corrected chi connectivity index (χ1v) is 6.18. The van der Waals surface area contributed by atoms with E-state index in [1.54, 1.807) is 11.3 Å². The minimum absolute atomic E-state index is 0.0958. The van der Waals surface area contributed by atoms with E-state index in [0.717, 1.165) is 12.0 Å². The van der Waals surface area contributed by atoms with Gasteiger partial charge >= 0.3 is 0 Å². The largest absolute Gasteiger partial charge is 0.352 e. The van der Waals surface area contributed by atoms with E-state index in [9.17, 15) is 4.79 Å². The smallest absolute Gasteiger partial charge is 0.220 e. The molecule has 1 atom stereocenters. The van der Waals surface area contributed by atoms with Crippen LogP contribution in [0.4, 0.5) is 0 Å². The number of nitrogens with two attached hydrogens (primary N) is 1. The quantitative estimate of drug-likeness (QED) is 0.776. The monoisotopic (exact) mass is 226 g/mol. The summed E-state index contributed by atoms with van der Waals surface area (Å²) < 4.78 is 0. The molecule has 0 aliphatic heterocycles. The molecular weight excluding hydrogens is 208 g/mol. The molecule has 3 nitrogen and oxygen atoms in total. The van der Waals surface area contributed by atoms with E-state index in [1.807, 2.05) is 16.8 Å². The van der Waals surface area contributed by atoms with Crippen molar-refractivity contribution in [3.8, 4) is 0 Å². The maximum atomic E-state index is 11.5. The Hall–Kier alpha value is -0.870. The minimum Gasteiger partial charge on any atom is -0.352 e. The highest BCUT2D eigenvalue weighted by molar-refractivity contribution is 7.07. The normalized spacial score (nSPS) is 12.4. The molecular formula is C11H18N2OS. The van der Waals surface area contributed by atoms with Crippen molar-refractivity contribution in [1.29, 1.82) is 0 Å². The van der Waals surface area contributed by atoms with Gasteiger partial charge in [-0.3, -0.25) is 4.79 Å². The molecule has 0 aliphatic carbocycles. The van der Waals surface area contributed by atoms with Gasteiger partial charge in [-0.15, -0.1) is 0 Å². The van der Waals surface area contributed by atoms with Crippen molar-refractivity contribution in [2.24, 2.45) is 11.7 Å². The fourth-order valence-electron chi connectivity index (χ4n) is 1.32. The number of hydrogen-bond acceptors (Lipinski definition) is 3. The third kappa shape index (κ3) is 4.44. The van der Waals surface area contributed by atoms with Crippen LogP contribution >= 0.6 is 11.3 Å². The molecule has 0 aromatic carbocycles. The Bertz CT molecular complexity index is 281. The molecule has 1 heterocycles. The van der Waals surface area contributed by atoms with Crippen LogP contribution in [0.1, 0.15) is 25.3 Å². The average Bonchev–Trinajstić information content (AvgIpc) is 2.75. The van der Waals surface area contributed by atoms with E-state index in [4.69, 9.17) is 5.73 Å². The molecule has 1 rings (SSSR count). The molecule has 0 saturated carbocycles. The van der Waals surface area contributed by atoms with Gasteiger partial charge in [0.15, 0.2) is 0 Å². The third-order valence-electron chi connectivity index (χ3n) is 2.45. The molecule has 0 spiro atoms. The predicted molar refractivity (Wildman–Crippen MR) is 63.6 cm³/mol. The Morgan fingerprint density at radius 2 is 2.47 bits per heavy atom. The van der Waals surface area contributed by atoms with Crippen LogP contribution in [-0.2, 0) is 11.3 Å². The van der Waals surface area contributed by atoms with Crippen molar-refractivity contribution in [3.63, 3.8) is 0 Å². The maximum absolute atomic E-state index is 11.5. The zero-order valence-corrected chi connectivity index (χ0v) is 9.85. The van der Waals surface area contributed by atoms with Crippen LogP contribution in [0.25, 0.3) is 0 Å². The van der Waals surface area contributed by atoms with E-state index < -0.39 is 0 Å². The van der Waals surface area contributed by atoms with Gasteiger partial charge < -0.3 is 11.1 Å². The number of hydrogen-bond donors (Lipinski definition) is 2. The van der Waals surface area contributed by atoms with Gasteiger partial charge in [-0.25, -0.2) is 0 Å². The van der Waals surface area contributed by atoms with Crippen LogP contribution in [0.3, 0.4) is 0 Å². The van der Waals surface area contributed by atoms with E-state index in [0.29, 0.717) is 25.4 Å². The summed E-state index contributed by atoms with van der Waals surface area (Å²) in [6.07, 6.45) is 1.50. The Morgan fingerprint density at radius 1 is 1.67 bits per heavy atom. The van der Waals surface area contributed by atoms with Gasteiger partial charge in [0.2, 0.25) is 5.91 Å². The molecule has 1 amide bonds. The Labute approximate surface area is 94.7 Å². The fourth-order valence-corrected chi connectivity index (χ4v) is 1.99. The molecule has 84 valence electrons. The molecule has 1 aromatic rings. The average molecular weight is 226 g/mol. The lowest BCUT2D eigenvalue weighted by Crippen LogP contribution is -2.27. The number of amides is 1.